The molecule has 4 aliphatic rings. The average molecular weight is 709 g/mol. The van der Waals surface area contributed by atoms with Crippen molar-refractivity contribution in [2.45, 2.75) is 123 Å². The average Bonchev–Trinajstić information content (AvgIpc) is 3.04. The molecular weight excluding hydrogens is 668 g/mol. The van der Waals surface area contributed by atoms with Crippen LogP contribution in [0.1, 0.15) is 0 Å². The van der Waals surface area contributed by atoms with Crippen molar-refractivity contribution in [1.82, 2.24) is 0 Å². The Balaban J connectivity index is 1.68. The molecule has 23 heteroatoms. The summed E-state index contributed by atoms with van der Waals surface area (Å²) in [4.78, 5) is 23.5. The normalized spacial score (nSPS) is 50.2. The van der Waals surface area contributed by atoms with Gasteiger partial charge < -0.3 is 104 Å². The number of methoxy groups -OCH3 is 1. The number of ether oxygens (including phenoxy) is 8. The Bertz CT molecular complexity index is 1080. The molecule has 0 saturated carbocycles. The van der Waals surface area contributed by atoms with E-state index in [-0.39, 0.29) is 0 Å². The van der Waals surface area contributed by atoms with Crippen LogP contribution >= 0.6 is 0 Å². The zero-order chi connectivity index (χ0) is 35.8. The van der Waals surface area contributed by atoms with Gasteiger partial charge in [-0.1, -0.05) is 0 Å². The van der Waals surface area contributed by atoms with Gasteiger partial charge in [-0.05, 0) is 0 Å². The smallest absolute Gasteiger partial charge is 0.335 e. The molecule has 0 bridgehead atoms. The summed E-state index contributed by atoms with van der Waals surface area (Å²) >= 11 is 0. The number of hydrogen-bond donors (Lipinski definition) is 13. The third-order valence-electron chi connectivity index (χ3n) is 8.38. The van der Waals surface area contributed by atoms with Crippen LogP contribution in [0, 0.1) is 0 Å². The minimum absolute atomic E-state index is 0.796. The number of aliphatic hydroxyl groups excluding tert-OH is 11. The molecule has 0 amide bonds. The van der Waals surface area contributed by atoms with Crippen LogP contribution in [0.25, 0.3) is 0 Å². The van der Waals surface area contributed by atoms with Gasteiger partial charge in [-0.25, -0.2) is 9.59 Å². The largest absolute Gasteiger partial charge is 0.479 e. The first kappa shape index (κ1) is 39.0. The lowest BCUT2D eigenvalue weighted by Crippen LogP contribution is -2.68. The van der Waals surface area contributed by atoms with E-state index in [9.17, 15) is 76.0 Å². The van der Waals surface area contributed by atoms with Crippen LogP contribution < -0.4 is 0 Å². The number of hydrogen-bond acceptors (Lipinski definition) is 21. The van der Waals surface area contributed by atoms with Crippen molar-refractivity contribution in [3.05, 3.63) is 0 Å². The molecule has 0 spiro atoms. The highest BCUT2D eigenvalue weighted by molar-refractivity contribution is 5.73. The maximum absolute atomic E-state index is 11.9. The van der Waals surface area contributed by atoms with Gasteiger partial charge >= 0.3 is 11.9 Å². The number of carboxylic acid groups (broad SMARTS) is 2. The molecule has 4 heterocycles. The Kier molecular flexibility index (Phi) is 13.0. The summed E-state index contributed by atoms with van der Waals surface area (Å²) in [5.41, 5.74) is 0. The summed E-state index contributed by atoms with van der Waals surface area (Å²) in [6, 6.07) is 0. The van der Waals surface area contributed by atoms with Gasteiger partial charge in [0.1, 0.15) is 85.5 Å². The molecule has 4 aliphatic heterocycles. The Morgan fingerprint density at radius 1 is 0.500 bits per heavy atom. The predicted octanol–water partition coefficient (Wildman–Crippen LogP) is -8.91. The third-order valence-corrected chi connectivity index (χ3v) is 8.38. The Morgan fingerprint density at radius 2 is 1.04 bits per heavy atom. The van der Waals surface area contributed by atoms with Crippen molar-refractivity contribution in [2.75, 3.05) is 20.3 Å². The van der Waals surface area contributed by atoms with E-state index in [0.29, 0.717) is 0 Å². The number of aliphatic carboxylic acids is 2. The van der Waals surface area contributed by atoms with E-state index >= 15 is 0 Å². The van der Waals surface area contributed by atoms with Crippen molar-refractivity contribution in [3.8, 4) is 0 Å². The highest BCUT2D eigenvalue weighted by Gasteiger charge is 2.57. The molecular formula is C25H40O23. The minimum atomic E-state index is -2.22. The molecule has 13 N–H and O–H groups in total. The summed E-state index contributed by atoms with van der Waals surface area (Å²) in [5.74, 6) is -3.63. The zero-order valence-corrected chi connectivity index (χ0v) is 24.9. The van der Waals surface area contributed by atoms with Crippen LogP contribution in [-0.2, 0) is 47.5 Å². The first-order chi connectivity index (χ1) is 22.6. The summed E-state index contributed by atoms with van der Waals surface area (Å²) in [7, 11) is 1.11. The summed E-state index contributed by atoms with van der Waals surface area (Å²) < 4.78 is 42.9. The van der Waals surface area contributed by atoms with Crippen molar-refractivity contribution >= 4 is 11.9 Å². The molecule has 4 saturated heterocycles. The van der Waals surface area contributed by atoms with Gasteiger partial charge in [0.05, 0.1) is 13.2 Å². The third kappa shape index (κ3) is 7.59. The molecule has 4 rings (SSSR count). The maximum Gasteiger partial charge on any atom is 0.335 e. The van der Waals surface area contributed by atoms with Gasteiger partial charge in [0, 0.05) is 7.11 Å². The van der Waals surface area contributed by atoms with E-state index in [0.717, 1.165) is 7.11 Å². The molecule has 0 aliphatic carbocycles. The van der Waals surface area contributed by atoms with Crippen molar-refractivity contribution < 1.29 is 114 Å². The number of carboxylic acids is 2. The van der Waals surface area contributed by atoms with E-state index in [1.165, 1.54) is 0 Å². The lowest BCUT2D eigenvalue weighted by molar-refractivity contribution is -0.398. The molecule has 0 radical (unpaired) electrons. The SMILES string of the molecule is CO[C@@H]1[C@@H](O)[C@H](CO)OC(O[C@H]2[C@H](O)[C@H](O[C@@H]3O[C@H](C(=O)O)[C@@H](O)[C@H](O)[C@H]3O)[C@@H](O[C@H]3[C@H](O)[C@@H](O)C(O)O[C@@H]3C(=O)O)O[C@@H]2CO)[C@@H]1O. The summed E-state index contributed by atoms with van der Waals surface area (Å²) in [6.45, 7) is -1.83. The fourth-order valence-electron chi connectivity index (χ4n) is 5.74. The van der Waals surface area contributed by atoms with Crippen molar-refractivity contribution in [1.29, 1.82) is 0 Å². The first-order valence-electron chi connectivity index (χ1n) is 14.5. The fourth-order valence-corrected chi connectivity index (χ4v) is 5.74. The fraction of sp³-hybridized carbons (Fsp3) is 0.920. The first-order valence-corrected chi connectivity index (χ1v) is 14.5. The molecule has 0 aromatic carbocycles. The van der Waals surface area contributed by atoms with Gasteiger partial charge in [-0.2, -0.15) is 0 Å². The molecule has 0 aromatic rings. The van der Waals surface area contributed by atoms with E-state index < -0.39 is 148 Å². The van der Waals surface area contributed by atoms with Gasteiger partial charge in [-0.3, -0.25) is 0 Å². The van der Waals surface area contributed by atoms with Gasteiger partial charge in [0.15, 0.2) is 37.4 Å². The van der Waals surface area contributed by atoms with Crippen molar-refractivity contribution in [2.24, 2.45) is 0 Å². The van der Waals surface area contributed by atoms with Crippen molar-refractivity contribution in [3.63, 3.8) is 0 Å². The standard InChI is InChI=1S/C25H40O23/c1-41-15-6(28)4(2-26)42-24(13(15)35)45-14-5(3-27)43-25(46-16-9(31)10(32)22(40)44-19(16)21(38)39)18(12(14)34)48-23-11(33)7(29)8(30)17(47-23)20(36)37/h4-19,22-35,40H,2-3H2,1H3,(H,36,37)(H,38,39)/t4-,5+,6-,7-,8-,9+,10+,11+,12-,13+,14+,15+,16-,17-,18-,19-,22?,23-,24?,25+/m0/s1. The highest BCUT2D eigenvalue weighted by atomic mass is 16.8. The molecule has 23 nitrogen and oxygen atoms in total. The molecule has 2 unspecified atom stereocenters. The second kappa shape index (κ2) is 16.0. The molecule has 4 fully saturated rings. The molecule has 278 valence electrons. The van der Waals surface area contributed by atoms with Gasteiger partial charge in [-0.15, -0.1) is 0 Å². The monoisotopic (exact) mass is 708 g/mol. The van der Waals surface area contributed by atoms with Crippen LogP contribution in [-0.4, -0.2) is 221 Å². The zero-order valence-electron chi connectivity index (χ0n) is 24.9. The quantitative estimate of drug-likeness (QED) is 0.0947. The molecule has 0 aromatic heterocycles. The minimum Gasteiger partial charge on any atom is -0.479 e. The summed E-state index contributed by atoms with van der Waals surface area (Å²) in [6.07, 6.45) is -39.9. The Labute approximate surface area is 269 Å². The maximum atomic E-state index is 11.9. The summed E-state index contributed by atoms with van der Waals surface area (Å²) in [5, 5.41) is 133. The second-order valence-electron chi connectivity index (χ2n) is 11.4. The number of rotatable bonds is 11. The van der Waals surface area contributed by atoms with Crippen LogP contribution in [0.4, 0.5) is 0 Å². The van der Waals surface area contributed by atoms with Gasteiger partial charge in [0.25, 0.3) is 0 Å². The lowest BCUT2D eigenvalue weighted by Gasteiger charge is -2.50. The van der Waals surface area contributed by atoms with E-state index in [4.69, 9.17) is 37.9 Å². The molecule has 48 heavy (non-hydrogen) atoms. The van der Waals surface area contributed by atoms with Crippen LogP contribution in [0.15, 0.2) is 0 Å². The Morgan fingerprint density at radius 3 is 1.60 bits per heavy atom. The lowest BCUT2D eigenvalue weighted by atomic mass is 9.95. The Hall–Kier alpha value is -1.82. The van der Waals surface area contributed by atoms with Crippen LogP contribution in [0.5, 0.6) is 0 Å². The molecule has 20 atom stereocenters. The topological polar surface area (TPSA) is 371 Å². The van der Waals surface area contributed by atoms with Crippen LogP contribution in [0.2, 0.25) is 0 Å². The highest BCUT2D eigenvalue weighted by Crippen LogP contribution is 2.35. The predicted molar refractivity (Wildman–Crippen MR) is 140 cm³/mol. The van der Waals surface area contributed by atoms with Crippen LogP contribution in [0.3, 0.4) is 0 Å². The number of carbonyl (C=O) groups is 2. The van der Waals surface area contributed by atoms with E-state index in [1.807, 2.05) is 0 Å². The van der Waals surface area contributed by atoms with E-state index in [1.54, 1.807) is 0 Å². The number of aliphatic hydroxyl groups is 11. The van der Waals surface area contributed by atoms with Gasteiger partial charge in [0.2, 0.25) is 0 Å². The second-order valence-corrected chi connectivity index (χ2v) is 11.4. The van der Waals surface area contributed by atoms with E-state index in [2.05, 4.69) is 0 Å².